The van der Waals surface area contributed by atoms with Crippen LogP contribution in [0.25, 0.3) is 5.69 Å². The Balaban J connectivity index is 1.66. The summed E-state index contributed by atoms with van der Waals surface area (Å²) in [6.45, 7) is 7.48. The number of amides is 2. The average Bonchev–Trinajstić information content (AvgIpc) is 3.02. The monoisotopic (exact) mass is 422 g/mol. The smallest absolute Gasteiger partial charge is 0.225 e. The largest absolute Gasteiger partial charge is 0.349 e. The van der Waals surface area contributed by atoms with Crippen molar-refractivity contribution in [3.63, 3.8) is 0 Å². The van der Waals surface area contributed by atoms with Crippen molar-refractivity contribution < 1.29 is 14.0 Å². The van der Waals surface area contributed by atoms with Crippen LogP contribution in [0, 0.1) is 19.7 Å². The number of nitrogens with one attached hydrogen (secondary N) is 2. The minimum atomic E-state index is -0.306. The molecule has 0 aliphatic carbocycles. The number of carbonyl (C=O) groups is 2. The zero-order chi connectivity index (χ0) is 22.5. The molecule has 6 nitrogen and oxygen atoms in total. The molecule has 2 N–H and O–H groups in total. The van der Waals surface area contributed by atoms with Crippen LogP contribution in [0.15, 0.2) is 48.5 Å². The summed E-state index contributed by atoms with van der Waals surface area (Å²) in [5, 5.41) is 10.3. The first-order chi connectivity index (χ1) is 14.8. The summed E-state index contributed by atoms with van der Waals surface area (Å²) in [7, 11) is 0. The molecule has 3 rings (SSSR count). The molecule has 0 spiro atoms. The topological polar surface area (TPSA) is 76.0 Å². The maximum atomic E-state index is 13.2. The van der Waals surface area contributed by atoms with Crippen LogP contribution in [-0.4, -0.2) is 21.6 Å². The molecule has 0 saturated carbocycles. The molecule has 7 heteroatoms. The number of nitrogens with zero attached hydrogens (tertiary/aromatic N) is 2. The number of carbonyl (C=O) groups excluding carboxylic acids is 2. The lowest BCUT2D eigenvalue weighted by Gasteiger charge is -2.15. The van der Waals surface area contributed by atoms with E-state index in [2.05, 4.69) is 15.7 Å². The lowest BCUT2D eigenvalue weighted by Crippen LogP contribution is -2.28. The number of halogens is 1. The Morgan fingerprint density at radius 1 is 1.03 bits per heavy atom. The summed E-state index contributed by atoms with van der Waals surface area (Å²) in [6, 6.07) is 13.3. The fraction of sp³-hybridized carbons (Fsp3) is 0.292. The highest BCUT2D eigenvalue weighted by atomic mass is 19.1. The normalized spacial score (nSPS) is 11.8. The molecule has 0 saturated heterocycles. The van der Waals surface area contributed by atoms with E-state index in [9.17, 15) is 14.0 Å². The van der Waals surface area contributed by atoms with E-state index in [1.54, 1.807) is 23.7 Å². The third kappa shape index (κ3) is 5.36. The number of anilines is 1. The molecule has 2 amide bonds. The Morgan fingerprint density at radius 3 is 2.29 bits per heavy atom. The van der Waals surface area contributed by atoms with Crippen LogP contribution in [0.3, 0.4) is 0 Å². The molecular weight excluding hydrogens is 395 g/mol. The van der Waals surface area contributed by atoms with E-state index in [0.717, 1.165) is 33.9 Å². The van der Waals surface area contributed by atoms with Crippen molar-refractivity contribution in [1.82, 2.24) is 15.1 Å². The summed E-state index contributed by atoms with van der Waals surface area (Å²) in [6.07, 6.45) is 0.624. The molecule has 3 aromatic rings. The van der Waals surface area contributed by atoms with Gasteiger partial charge >= 0.3 is 0 Å². The number of aryl methyl sites for hydroxylation is 1. The molecule has 2 aromatic carbocycles. The highest BCUT2D eigenvalue weighted by Gasteiger charge is 2.17. The second-order valence-electron chi connectivity index (χ2n) is 7.53. The third-order valence-corrected chi connectivity index (χ3v) is 5.24. The highest BCUT2D eigenvalue weighted by Crippen LogP contribution is 2.20. The third-order valence-electron chi connectivity index (χ3n) is 5.24. The lowest BCUT2D eigenvalue weighted by molar-refractivity contribution is -0.121. The summed E-state index contributed by atoms with van der Waals surface area (Å²) in [4.78, 5) is 24.2. The molecular formula is C24H27FN4O2. The molecule has 1 heterocycles. The first-order valence-electron chi connectivity index (χ1n) is 10.3. The van der Waals surface area contributed by atoms with Crippen LogP contribution in [0.2, 0.25) is 0 Å². The van der Waals surface area contributed by atoms with E-state index in [1.165, 1.54) is 12.1 Å². The lowest BCUT2D eigenvalue weighted by atomic mass is 10.1. The van der Waals surface area contributed by atoms with Crippen molar-refractivity contribution in [2.24, 2.45) is 0 Å². The summed E-state index contributed by atoms with van der Waals surface area (Å²) >= 11 is 0. The van der Waals surface area contributed by atoms with Crippen molar-refractivity contribution in [3.8, 4) is 5.69 Å². The molecule has 0 aliphatic heterocycles. The van der Waals surface area contributed by atoms with Crippen molar-refractivity contribution in [2.75, 3.05) is 5.32 Å². The van der Waals surface area contributed by atoms with Gasteiger partial charge in [-0.15, -0.1) is 0 Å². The van der Waals surface area contributed by atoms with Crippen LogP contribution in [0.5, 0.6) is 0 Å². The standard InChI is InChI=1S/C24H27FN4O2/c1-5-23(30)27-20-10-6-18(7-11-20)15(2)26-24(31)14-22-16(3)28-29(17(22)4)21-12-8-19(25)9-13-21/h6-13,15H,5,14H2,1-4H3,(H,26,31)(H,27,30)/t15-/m0/s1. The molecule has 0 bridgehead atoms. The van der Waals surface area contributed by atoms with Gasteiger partial charge in [-0.2, -0.15) is 5.10 Å². The number of aromatic nitrogens is 2. The summed E-state index contributed by atoms with van der Waals surface area (Å²) in [5.74, 6) is -0.457. The molecule has 0 aliphatic rings. The van der Waals surface area contributed by atoms with Gasteiger partial charge in [0.1, 0.15) is 5.82 Å². The molecule has 31 heavy (non-hydrogen) atoms. The van der Waals surface area contributed by atoms with E-state index < -0.39 is 0 Å². The Morgan fingerprint density at radius 2 is 1.68 bits per heavy atom. The van der Waals surface area contributed by atoms with E-state index in [0.29, 0.717) is 6.42 Å². The predicted molar refractivity (Wildman–Crippen MR) is 119 cm³/mol. The van der Waals surface area contributed by atoms with Gasteiger partial charge in [0, 0.05) is 23.4 Å². The molecule has 1 aromatic heterocycles. The Hall–Kier alpha value is -3.48. The Bertz CT molecular complexity index is 1070. The first-order valence-corrected chi connectivity index (χ1v) is 10.3. The number of hydrogen-bond donors (Lipinski definition) is 2. The van der Waals surface area contributed by atoms with E-state index >= 15 is 0 Å². The number of hydrogen-bond acceptors (Lipinski definition) is 3. The van der Waals surface area contributed by atoms with Crippen LogP contribution < -0.4 is 10.6 Å². The maximum absolute atomic E-state index is 13.2. The molecule has 0 radical (unpaired) electrons. The van der Waals surface area contributed by atoms with Crippen LogP contribution >= 0.6 is 0 Å². The Labute approximate surface area is 181 Å². The highest BCUT2D eigenvalue weighted by molar-refractivity contribution is 5.90. The van der Waals surface area contributed by atoms with Gasteiger partial charge < -0.3 is 10.6 Å². The molecule has 0 fully saturated rings. The average molecular weight is 423 g/mol. The van der Waals surface area contributed by atoms with Crippen molar-refractivity contribution in [3.05, 3.63) is 76.9 Å². The van der Waals surface area contributed by atoms with Gasteiger partial charge in [-0.3, -0.25) is 9.59 Å². The second-order valence-corrected chi connectivity index (χ2v) is 7.53. The molecule has 1 atom stereocenters. The second kappa shape index (κ2) is 9.55. The molecule has 0 unspecified atom stereocenters. The fourth-order valence-electron chi connectivity index (χ4n) is 3.41. The van der Waals surface area contributed by atoms with Crippen molar-refractivity contribution >= 4 is 17.5 Å². The SMILES string of the molecule is CCC(=O)Nc1ccc([C@H](C)NC(=O)Cc2c(C)nn(-c3ccc(F)cc3)c2C)cc1. The van der Waals surface area contributed by atoms with Gasteiger partial charge in [0.2, 0.25) is 11.8 Å². The van der Waals surface area contributed by atoms with Gasteiger partial charge in [-0.25, -0.2) is 9.07 Å². The minimum Gasteiger partial charge on any atom is -0.349 e. The van der Waals surface area contributed by atoms with Crippen molar-refractivity contribution in [1.29, 1.82) is 0 Å². The first kappa shape index (κ1) is 22.2. The van der Waals surface area contributed by atoms with Gasteiger partial charge in [-0.1, -0.05) is 19.1 Å². The predicted octanol–water partition coefficient (Wildman–Crippen LogP) is 4.40. The number of rotatable bonds is 7. The zero-order valence-corrected chi connectivity index (χ0v) is 18.2. The van der Waals surface area contributed by atoms with Gasteiger partial charge in [0.15, 0.2) is 0 Å². The van der Waals surface area contributed by atoms with Crippen LogP contribution in [-0.2, 0) is 16.0 Å². The van der Waals surface area contributed by atoms with Crippen LogP contribution in [0.4, 0.5) is 10.1 Å². The quantitative estimate of drug-likeness (QED) is 0.593. The zero-order valence-electron chi connectivity index (χ0n) is 18.2. The Kier molecular flexibility index (Phi) is 6.84. The van der Waals surface area contributed by atoms with Crippen LogP contribution in [0.1, 0.15) is 48.8 Å². The van der Waals surface area contributed by atoms with Gasteiger partial charge in [-0.05, 0) is 62.7 Å². The van der Waals surface area contributed by atoms with Crippen molar-refractivity contribution in [2.45, 2.75) is 46.6 Å². The number of benzene rings is 2. The van der Waals surface area contributed by atoms with Gasteiger partial charge in [0.25, 0.3) is 0 Å². The maximum Gasteiger partial charge on any atom is 0.225 e. The van der Waals surface area contributed by atoms with Gasteiger partial charge in [0.05, 0.1) is 23.8 Å². The minimum absolute atomic E-state index is 0.0407. The van der Waals surface area contributed by atoms with E-state index in [1.807, 2.05) is 45.0 Å². The fourth-order valence-corrected chi connectivity index (χ4v) is 3.41. The van der Waals surface area contributed by atoms with E-state index in [-0.39, 0.29) is 30.1 Å². The molecule has 162 valence electrons. The van der Waals surface area contributed by atoms with E-state index in [4.69, 9.17) is 0 Å². The summed E-state index contributed by atoms with van der Waals surface area (Å²) < 4.78 is 14.9. The summed E-state index contributed by atoms with van der Waals surface area (Å²) in [5.41, 5.74) is 4.89.